The van der Waals surface area contributed by atoms with Gasteiger partial charge in [-0.1, -0.05) is 171 Å². The fraction of sp³-hybridized carbons (Fsp3) is 0.103. The third kappa shape index (κ3) is 7.01. The molecule has 306 valence electrons. The maximum atomic E-state index is 2.44. The number of fused-ring (bicyclic) bond motifs is 10. The van der Waals surface area contributed by atoms with Crippen molar-refractivity contribution in [1.82, 2.24) is 0 Å². The summed E-state index contributed by atoms with van der Waals surface area (Å²) in [5.74, 6) is 0. The molecular formula is C58H50N2SSi2. The van der Waals surface area contributed by atoms with Gasteiger partial charge >= 0.3 is 0 Å². The molecule has 0 aliphatic carbocycles. The Balaban J connectivity index is 1.09. The Labute approximate surface area is 376 Å². The molecule has 0 bridgehead atoms. The molecule has 11 aromatic rings. The largest absolute Gasteiger partial charge is 0.310 e. The summed E-state index contributed by atoms with van der Waals surface area (Å²) in [6.07, 6.45) is 0. The SMILES string of the molecule is C[Si](C)(C)c1ccc(N(c2ccc3ccccc3c2)c2ccc3c(c2)sc2c4ccc(N(c5ccc([Si](C)(C)C)cc5)c5ccc6ccccc6c5)cc4c4ccccc4c32)cc1. The van der Waals surface area contributed by atoms with Crippen LogP contribution in [0, 0.1) is 0 Å². The smallest absolute Gasteiger partial charge is 0.0775 e. The second-order valence-electron chi connectivity index (χ2n) is 19.1. The number of anilines is 6. The molecular weight excluding hydrogens is 813 g/mol. The van der Waals surface area contributed by atoms with Gasteiger partial charge in [-0.25, -0.2) is 0 Å². The van der Waals surface area contributed by atoms with Crippen molar-refractivity contribution in [2.75, 3.05) is 9.80 Å². The molecule has 0 saturated carbocycles. The van der Waals surface area contributed by atoms with Crippen LogP contribution in [-0.4, -0.2) is 16.1 Å². The van der Waals surface area contributed by atoms with E-state index in [0.717, 1.165) is 28.4 Å². The molecule has 0 N–H and O–H groups in total. The minimum Gasteiger partial charge on any atom is -0.310 e. The van der Waals surface area contributed by atoms with Crippen LogP contribution in [0.3, 0.4) is 0 Å². The van der Waals surface area contributed by atoms with Gasteiger partial charge in [0.25, 0.3) is 0 Å². The van der Waals surface area contributed by atoms with E-state index in [4.69, 9.17) is 0 Å². The average Bonchev–Trinajstić information content (AvgIpc) is 3.68. The van der Waals surface area contributed by atoms with E-state index in [9.17, 15) is 0 Å². The minimum atomic E-state index is -1.48. The third-order valence-corrected chi connectivity index (χ3v) is 18.2. The lowest BCUT2D eigenvalue weighted by Gasteiger charge is -2.27. The van der Waals surface area contributed by atoms with E-state index in [-0.39, 0.29) is 0 Å². The van der Waals surface area contributed by atoms with Gasteiger partial charge < -0.3 is 9.80 Å². The Morgan fingerprint density at radius 3 is 1.25 bits per heavy atom. The zero-order valence-corrected chi connectivity index (χ0v) is 39.6. The van der Waals surface area contributed by atoms with Crippen LogP contribution >= 0.6 is 11.3 Å². The molecule has 10 aromatic carbocycles. The highest BCUT2D eigenvalue weighted by atomic mass is 32.1. The van der Waals surface area contributed by atoms with Crippen LogP contribution in [0.5, 0.6) is 0 Å². The summed E-state index contributed by atoms with van der Waals surface area (Å²) in [4.78, 5) is 4.87. The Bertz CT molecular complexity index is 3540. The Morgan fingerprint density at radius 1 is 0.317 bits per heavy atom. The highest BCUT2D eigenvalue weighted by molar-refractivity contribution is 7.27. The number of hydrogen-bond acceptors (Lipinski definition) is 3. The molecule has 0 unspecified atom stereocenters. The Kier molecular flexibility index (Phi) is 9.43. The third-order valence-electron chi connectivity index (χ3n) is 12.9. The summed E-state index contributed by atoms with van der Waals surface area (Å²) < 4.78 is 2.62. The van der Waals surface area contributed by atoms with Crippen molar-refractivity contribution in [3.63, 3.8) is 0 Å². The standard InChI is InChI=1S/C58H50N2SSi2/c1-62(2,3)49-29-23-43(24-30-49)59(45-21-19-39-13-7-9-15-41(39)35-45)47-27-33-53-55(37-47)51-17-11-12-18-52(51)57-54-34-28-48(38-56(54)61-58(53)57)60(44-25-31-50(32-26-44)63(4,5)6)46-22-20-40-14-8-10-16-42(40)36-46/h7-38H,1-6H3. The summed E-state index contributed by atoms with van der Waals surface area (Å²) >= 11 is 1.92. The van der Waals surface area contributed by atoms with Crippen molar-refractivity contribution in [2.24, 2.45) is 0 Å². The lowest BCUT2D eigenvalue weighted by Crippen LogP contribution is -2.37. The second kappa shape index (κ2) is 15.1. The van der Waals surface area contributed by atoms with E-state index >= 15 is 0 Å². The highest BCUT2D eigenvalue weighted by Crippen LogP contribution is 2.48. The van der Waals surface area contributed by atoms with E-state index < -0.39 is 16.1 Å². The van der Waals surface area contributed by atoms with E-state index in [1.165, 1.54) is 79.3 Å². The van der Waals surface area contributed by atoms with Crippen molar-refractivity contribution < 1.29 is 0 Å². The van der Waals surface area contributed by atoms with E-state index in [0.29, 0.717) is 0 Å². The fourth-order valence-corrected chi connectivity index (χ4v) is 13.1. The molecule has 0 amide bonds. The van der Waals surface area contributed by atoms with Gasteiger partial charge in [0, 0.05) is 59.7 Å². The van der Waals surface area contributed by atoms with Gasteiger partial charge in [-0.15, -0.1) is 11.3 Å². The lowest BCUT2D eigenvalue weighted by molar-refractivity contribution is 1.30. The molecule has 0 saturated heterocycles. The zero-order valence-electron chi connectivity index (χ0n) is 36.8. The molecule has 1 heterocycles. The van der Waals surface area contributed by atoms with Crippen LogP contribution in [0.4, 0.5) is 34.1 Å². The van der Waals surface area contributed by atoms with E-state index in [1.54, 1.807) is 0 Å². The first kappa shape index (κ1) is 39.3. The quantitative estimate of drug-likeness (QED) is 0.111. The molecule has 0 aliphatic heterocycles. The topological polar surface area (TPSA) is 6.48 Å². The van der Waals surface area contributed by atoms with Crippen molar-refractivity contribution in [2.45, 2.75) is 39.3 Å². The normalized spacial score (nSPS) is 12.3. The number of rotatable bonds is 8. The maximum absolute atomic E-state index is 2.44. The molecule has 0 spiro atoms. The predicted molar refractivity (Wildman–Crippen MR) is 285 cm³/mol. The first-order valence-corrected chi connectivity index (χ1v) is 29.9. The molecule has 0 radical (unpaired) electrons. The van der Waals surface area contributed by atoms with Gasteiger partial charge in [0.05, 0.1) is 16.1 Å². The van der Waals surface area contributed by atoms with Gasteiger partial charge in [0.15, 0.2) is 0 Å². The highest BCUT2D eigenvalue weighted by Gasteiger charge is 2.23. The zero-order chi connectivity index (χ0) is 43.0. The number of benzene rings is 10. The average molecular weight is 863 g/mol. The van der Waals surface area contributed by atoms with Gasteiger partial charge in [-0.3, -0.25) is 0 Å². The molecule has 11 rings (SSSR count). The molecule has 63 heavy (non-hydrogen) atoms. The summed E-state index contributed by atoms with van der Waals surface area (Å²) in [6, 6.07) is 73.0. The van der Waals surface area contributed by atoms with Crippen molar-refractivity contribution >= 4 is 135 Å². The van der Waals surface area contributed by atoms with Crippen LogP contribution in [-0.2, 0) is 0 Å². The van der Waals surface area contributed by atoms with Gasteiger partial charge in [-0.2, -0.15) is 0 Å². The number of thiophene rings is 1. The van der Waals surface area contributed by atoms with Crippen LogP contribution in [0.2, 0.25) is 39.3 Å². The number of hydrogen-bond donors (Lipinski definition) is 0. The van der Waals surface area contributed by atoms with Gasteiger partial charge in [-0.05, 0) is 110 Å². The lowest BCUT2D eigenvalue weighted by atomic mass is 9.96. The molecule has 1 aromatic heterocycles. The second-order valence-corrected chi connectivity index (χ2v) is 30.3. The fourth-order valence-electron chi connectivity index (χ4n) is 9.46. The molecule has 0 aliphatic rings. The van der Waals surface area contributed by atoms with E-state index in [2.05, 4.69) is 243 Å². The van der Waals surface area contributed by atoms with Crippen LogP contribution in [0.15, 0.2) is 194 Å². The summed E-state index contributed by atoms with van der Waals surface area (Å²) in [7, 11) is -2.94. The first-order chi connectivity index (χ1) is 30.5. The van der Waals surface area contributed by atoms with Crippen LogP contribution < -0.4 is 20.2 Å². The molecule has 0 atom stereocenters. The maximum Gasteiger partial charge on any atom is 0.0775 e. The number of nitrogens with zero attached hydrogens (tertiary/aromatic N) is 2. The minimum absolute atomic E-state index is 1.15. The van der Waals surface area contributed by atoms with Crippen LogP contribution in [0.1, 0.15) is 0 Å². The molecule has 0 fully saturated rings. The predicted octanol–water partition coefficient (Wildman–Crippen LogP) is 16.7. The summed E-state index contributed by atoms with van der Waals surface area (Å²) in [5, 5.41) is 15.7. The monoisotopic (exact) mass is 862 g/mol. The van der Waals surface area contributed by atoms with Crippen LogP contribution in [0.25, 0.3) is 63.3 Å². The van der Waals surface area contributed by atoms with E-state index in [1.807, 2.05) is 11.3 Å². The first-order valence-electron chi connectivity index (χ1n) is 22.1. The Morgan fingerprint density at radius 2 is 0.730 bits per heavy atom. The summed E-state index contributed by atoms with van der Waals surface area (Å²) in [5.41, 5.74) is 6.95. The van der Waals surface area contributed by atoms with Crippen molar-refractivity contribution in [3.05, 3.63) is 194 Å². The summed E-state index contributed by atoms with van der Waals surface area (Å²) in [6.45, 7) is 14.5. The van der Waals surface area contributed by atoms with Crippen molar-refractivity contribution in [3.8, 4) is 0 Å². The molecule has 2 nitrogen and oxygen atoms in total. The van der Waals surface area contributed by atoms with Gasteiger partial charge in [0.2, 0.25) is 0 Å². The molecule has 5 heteroatoms. The Hall–Kier alpha value is -6.51. The van der Waals surface area contributed by atoms with Crippen molar-refractivity contribution in [1.29, 1.82) is 0 Å². The van der Waals surface area contributed by atoms with Gasteiger partial charge in [0.1, 0.15) is 0 Å².